The second kappa shape index (κ2) is 7.87. The van der Waals surface area contributed by atoms with Crippen molar-refractivity contribution in [2.75, 3.05) is 5.32 Å². The van der Waals surface area contributed by atoms with Gasteiger partial charge in [-0.2, -0.15) is 0 Å². The van der Waals surface area contributed by atoms with Gasteiger partial charge in [0.15, 0.2) is 6.10 Å². The Morgan fingerprint density at radius 2 is 1.88 bits per heavy atom. The minimum Gasteiger partial charge on any atom is -0.478 e. The highest BCUT2D eigenvalue weighted by atomic mass is 16.5. The molecule has 0 saturated carbocycles. The highest BCUT2D eigenvalue weighted by molar-refractivity contribution is 5.97. The SMILES string of the molecule is CCC(OC(=O)c1cccnc1)C(=O)Nc1ccc(C(=O)O)cc1. The van der Waals surface area contributed by atoms with Crippen molar-refractivity contribution in [3.8, 4) is 0 Å². The maximum atomic E-state index is 12.2. The number of carbonyl (C=O) groups is 3. The number of amides is 1. The molecule has 0 bridgehead atoms. The van der Waals surface area contributed by atoms with Gasteiger partial charge in [0.25, 0.3) is 5.91 Å². The van der Waals surface area contributed by atoms with Crippen LogP contribution in [0.15, 0.2) is 48.8 Å². The van der Waals surface area contributed by atoms with Crippen molar-refractivity contribution >= 4 is 23.5 Å². The number of anilines is 1. The predicted octanol–water partition coefficient (Wildman–Crippen LogP) is 2.35. The van der Waals surface area contributed by atoms with E-state index in [0.717, 1.165) is 0 Å². The maximum absolute atomic E-state index is 12.2. The van der Waals surface area contributed by atoms with Crippen molar-refractivity contribution < 1.29 is 24.2 Å². The van der Waals surface area contributed by atoms with E-state index >= 15 is 0 Å². The Bertz CT molecular complexity index is 728. The summed E-state index contributed by atoms with van der Waals surface area (Å²) in [5.74, 6) is -2.17. The van der Waals surface area contributed by atoms with Crippen LogP contribution in [0.1, 0.15) is 34.1 Å². The Morgan fingerprint density at radius 1 is 1.17 bits per heavy atom. The molecule has 0 radical (unpaired) electrons. The Balaban J connectivity index is 2.00. The van der Waals surface area contributed by atoms with Crippen molar-refractivity contribution in [3.05, 3.63) is 59.9 Å². The average molecular weight is 328 g/mol. The average Bonchev–Trinajstić information content (AvgIpc) is 2.60. The zero-order valence-electron chi connectivity index (χ0n) is 12.9. The van der Waals surface area contributed by atoms with E-state index in [4.69, 9.17) is 9.84 Å². The maximum Gasteiger partial charge on any atom is 0.340 e. The van der Waals surface area contributed by atoms with Gasteiger partial charge < -0.3 is 15.2 Å². The quantitative estimate of drug-likeness (QED) is 0.789. The van der Waals surface area contributed by atoms with Crippen LogP contribution in [0.5, 0.6) is 0 Å². The Labute approximate surface area is 138 Å². The molecule has 0 fully saturated rings. The number of aromatic nitrogens is 1. The second-order valence-electron chi connectivity index (χ2n) is 4.92. The molecule has 2 rings (SSSR count). The molecular weight excluding hydrogens is 312 g/mol. The summed E-state index contributed by atoms with van der Waals surface area (Å²) in [7, 11) is 0. The number of hydrogen-bond donors (Lipinski definition) is 2. The smallest absolute Gasteiger partial charge is 0.340 e. The standard InChI is InChI=1S/C17H16N2O5/c1-2-14(24-17(23)12-4-3-9-18-10-12)15(20)19-13-7-5-11(6-8-13)16(21)22/h3-10,14H,2H2,1H3,(H,19,20)(H,21,22). The molecule has 1 heterocycles. The lowest BCUT2D eigenvalue weighted by Crippen LogP contribution is -2.32. The highest BCUT2D eigenvalue weighted by Crippen LogP contribution is 2.12. The lowest BCUT2D eigenvalue weighted by atomic mass is 10.2. The van der Waals surface area contributed by atoms with Gasteiger partial charge in [-0.15, -0.1) is 0 Å². The zero-order chi connectivity index (χ0) is 17.5. The monoisotopic (exact) mass is 328 g/mol. The van der Waals surface area contributed by atoms with E-state index in [2.05, 4.69) is 10.3 Å². The molecule has 0 aliphatic carbocycles. The number of aromatic carboxylic acids is 1. The molecule has 0 aliphatic rings. The summed E-state index contributed by atoms with van der Waals surface area (Å²) < 4.78 is 5.20. The van der Waals surface area contributed by atoms with Crippen LogP contribution < -0.4 is 5.32 Å². The molecule has 24 heavy (non-hydrogen) atoms. The number of carboxylic acid groups (broad SMARTS) is 1. The number of rotatable bonds is 6. The molecule has 0 spiro atoms. The van der Waals surface area contributed by atoms with E-state index in [1.807, 2.05) is 0 Å². The number of ether oxygens (including phenoxy) is 1. The third-order valence-corrected chi connectivity index (χ3v) is 3.21. The molecule has 2 aromatic rings. The molecule has 0 aliphatic heterocycles. The van der Waals surface area contributed by atoms with Crippen molar-refractivity contribution in [1.82, 2.24) is 4.98 Å². The summed E-state index contributed by atoms with van der Waals surface area (Å²) in [4.78, 5) is 38.8. The molecule has 2 N–H and O–H groups in total. The van der Waals surface area contributed by atoms with E-state index in [0.29, 0.717) is 12.1 Å². The topological polar surface area (TPSA) is 106 Å². The van der Waals surface area contributed by atoms with Crippen LogP contribution in [0.25, 0.3) is 0 Å². The number of esters is 1. The zero-order valence-corrected chi connectivity index (χ0v) is 12.9. The van der Waals surface area contributed by atoms with Crippen LogP contribution in [0.3, 0.4) is 0 Å². The third-order valence-electron chi connectivity index (χ3n) is 3.21. The van der Waals surface area contributed by atoms with Crippen LogP contribution >= 0.6 is 0 Å². The molecule has 1 unspecified atom stereocenters. The Kier molecular flexibility index (Phi) is 5.62. The summed E-state index contributed by atoms with van der Waals surface area (Å²) in [5, 5.41) is 11.4. The molecule has 1 atom stereocenters. The van der Waals surface area contributed by atoms with Crippen molar-refractivity contribution in [3.63, 3.8) is 0 Å². The van der Waals surface area contributed by atoms with Gasteiger partial charge in [-0.3, -0.25) is 9.78 Å². The van der Waals surface area contributed by atoms with Crippen molar-refractivity contribution in [2.45, 2.75) is 19.4 Å². The number of hydrogen-bond acceptors (Lipinski definition) is 5. The van der Waals surface area contributed by atoms with Crippen LogP contribution in [0, 0.1) is 0 Å². The van der Waals surface area contributed by atoms with Gasteiger partial charge in [0.1, 0.15) is 0 Å². The highest BCUT2D eigenvalue weighted by Gasteiger charge is 2.22. The molecule has 1 aromatic heterocycles. The van der Waals surface area contributed by atoms with Gasteiger partial charge in [-0.1, -0.05) is 6.92 Å². The number of nitrogens with one attached hydrogen (secondary N) is 1. The van der Waals surface area contributed by atoms with E-state index in [9.17, 15) is 14.4 Å². The lowest BCUT2D eigenvalue weighted by Gasteiger charge is -2.16. The Morgan fingerprint density at radius 3 is 2.42 bits per heavy atom. The molecular formula is C17H16N2O5. The van der Waals surface area contributed by atoms with Crippen LogP contribution in [0.4, 0.5) is 5.69 Å². The summed E-state index contributed by atoms with van der Waals surface area (Å²) >= 11 is 0. The first kappa shape index (κ1) is 17.1. The molecule has 7 nitrogen and oxygen atoms in total. The fourth-order valence-electron chi connectivity index (χ4n) is 1.92. The van der Waals surface area contributed by atoms with Gasteiger partial charge in [-0.05, 0) is 42.8 Å². The number of nitrogens with zero attached hydrogens (tertiary/aromatic N) is 1. The molecule has 124 valence electrons. The van der Waals surface area contributed by atoms with Crippen LogP contribution in [-0.4, -0.2) is 34.0 Å². The third kappa shape index (κ3) is 4.39. The van der Waals surface area contributed by atoms with Gasteiger partial charge in [0.05, 0.1) is 11.1 Å². The second-order valence-corrected chi connectivity index (χ2v) is 4.92. The molecule has 0 saturated heterocycles. The fourth-order valence-corrected chi connectivity index (χ4v) is 1.92. The number of pyridine rings is 1. The minimum absolute atomic E-state index is 0.114. The summed E-state index contributed by atoms with van der Waals surface area (Å²) in [6.45, 7) is 1.72. The largest absolute Gasteiger partial charge is 0.478 e. The van der Waals surface area contributed by atoms with E-state index in [-0.39, 0.29) is 11.1 Å². The fraction of sp³-hybridized carbons (Fsp3) is 0.176. The summed E-state index contributed by atoms with van der Waals surface area (Å²) in [6, 6.07) is 8.83. The van der Waals surface area contributed by atoms with E-state index < -0.39 is 23.9 Å². The first-order valence-electron chi connectivity index (χ1n) is 7.26. The van der Waals surface area contributed by atoms with Gasteiger partial charge in [0.2, 0.25) is 0 Å². The first-order chi connectivity index (χ1) is 11.5. The number of carbonyl (C=O) groups excluding carboxylic acids is 2. The minimum atomic E-state index is -1.05. The van der Waals surface area contributed by atoms with Crippen molar-refractivity contribution in [2.24, 2.45) is 0 Å². The summed E-state index contributed by atoms with van der Waals surface area (Å²) in [5.41, 5.74) is 0.790. The molecule has 1 aromatic carbocycles. The van der Waals surface area contributed by atoms with Crippen LogP contribution in [0.2, 0.25) is 0 Å². The van der Waals surface area contributed by atoms with Crippen LogP contribution in [-0.2, 0) is 9.53 Å². The first-order valence-corrected chi connectivity index (χ1v) is 7.26. The number of benzene rings is 1. The lowest BCUT2D eigenvalue weighted by molar-refractivity contribution is -0.124. The molecule has 7 heteroatoms. The van der Waals surface area contributed by atoms with E-state index in [1.54, 1.807) is 19.1 Å². The normalized spacial score (nSPS) is 11.4. The summed E-state index contributed by atoms with van der Waals surface area (Å²) in [6.07, 6.45) is 2.22. The number of carboxylic acids is 1. The van der Waals surface area contributed by atoms with E-state index in [1.165, 1.54) is 36.7 Å². The predicted molar refractivity (Wildman–Crippen MR) is 85.8 cm³/mol. The van der Waals surface area contributed by atoms with Gasteiger partial charge in [-0.25, -0.2) is 9.59 Å². The molecule has 1 amide bonds. The van der Waals surface area contributed by atoms with Gasteiger partial charge >= 0.3 is 11.9 Å². The Hall–Kier alpha value is -3.22. The van der Waals surface area contributed by atoms with Crippen molar-refractivity contribution in [1.29, 1.82) is 0 Å². The van der Waals surface area contributed by atoms with Gasteiger partial charge in [0, 0.05) is 18.1 Å².